The molecule has 0 radical (unpaired) electrons. The zero-order valence-electron chi connectivity index (χ0n) is 18.1. The summed E-state index contributed by atoms with van der Waals surface area (Å²) in [6, 6.07) is 16.8. The second kappa shape index (κ2) is 9.73. The van der Waals surface area contributed by atoms with Gasteiger partial charge in [0.2, 0.25) is 0 Å². The molecule has 0 N–H and O–H groups in total. The van der Waals surface area contributed by atoms with E-state index < -0.39 is 17.7 Å². The van der Waals surface area contributed by atoms with E-state index in [2.05, 4.69) is 4.57 Å². The zero-order chi connectivity index (χ0) is 23.3. The number of aryl methyl sites for hydroxylation is 2. The average molecular weight is 439 g/mol. The van der Waals surface area contributed by atoms with E-state index in [1.165, 1.54) is 18.2 Å². The molecule has 0 saturated heterocycles. The van der Waals surface area contributed by atoms with Gasteiger partial charge in [-0.25, -0.2) is 4.79 Å². The number of allylic oxidation sites excluding steroid dienone is 2. The minimum atomic E-state index is -4.40. The molecule has 3 nitrogen and oxygen atoms in total. The van der Waals surface area contributed by atoms with Gasteiger partial charge in [-0.3, -0.25) is 0 Å². The molecular weight excluding hydrogens is 415 g/mol. The lowest BCUT2D eigenvalue weighted by Crippen LogP contribution is -2.04. The first-order chi connectivity index (χ1) is 15.2. The standard InChI is InChI=1S/C26H24F3NO2/c1-4-32-25(31)7-5-6-24(20-10-14-22(15-11-20)26(27,28)29)21-12-16-23(17-13-21)30-18(2)8-9-19(30)3/h5-17H,4H2,1-3H3. The first-order valence-electron chi connectivity index (χ1n) is 10.2. The molecule has 1 aromatic heterocycles. The molecule has 2 aromatic carbocycles. The summed E-state index contributed by atoms with van der Waals surface area (Å²) in [4.78, 5) is 11.6. The minimum absolute atomic E-state index is 0.262. The summed E-state index contributed by atoms with van der Waals surface area (Å²) < 4.78 is 45.9. The fourth-order valence-electron chi connectivity index (χ4n) is 3.48. The Labute approximate surface area is 185 Å². The molecule has 0 unspecified atom stereocenters. The third-order valence-corrected chi connectivity index (χ3v) is 5.01. The fraction of sp³-hybridized carbons (Fsp3) is 0.192. The van der Waals surface area contributed by atoms with E-state index in [9.17, 15) is 18.0 Å². The number of carbonyl (C=O) groups excluding carboxylic acids is 1. The number of nitrogens with zero attached hydrogens (tertiary/aromatic N) is 1. The number of rotatable bonds is 6. The molecule has 0 saturated carbocycles. The largest absolute Gasteiger partial charge is 0.463 e. The molecule has 166 valence electrons. The van der Waals surface area contributed by atoms with E-state index in [0.29, 0.717) is 11.1 Å². The van der Waals surface area contributed by atoms with Crippen molar-refractivity contribution < 1.29 is 22.7 Å². The van der Waals surface area contributed by atoms with Gasteiger partial charge in [-0.1, -0.05) is 36.4 Å². The molecule has 0 aliphatic heterocycles. The molecule has 32 heavy (non-hydrogen) atoms. The summed E-state index contributed by atoms with van der Waals surface area (Å²) >= 11 is 0. The van der Waals surface area contributed by atoms with Crippen LogP contribution in [0.1, 0.15) is 35.0 Å². The summed E-state index contributed by atoms with van der Waals surface area (Å²) in [7, 11) is 0. The molecule has 0 amide bonds. The van der Waals surface area contributed by atoms with Crippen molar-refractivity contribution in [2.24, 2.45) is 0 Å². The highest BCUT2D eigenvalue weighted by molar-refractivity contribution is 5.85. The van der Waals surface area contributed by atoms with Gasteiger partial charge < -0.3 is 9.30 Å². The Morgan fingerprint density at radius 1 is 0.906 bits per heavy atom. The summed E-state index contributed by atoms with van der Waals surface area (Å²) in [5, 5.41) is 0. The number of alkyl halides is 3. The molecule has 0 aliphatic carbocycles. The fourth-order valence-corrected chi connectivity index (χ4v) is 3.48. The second-order valence-electron chi connectivity index (χ2n) is 7.26. The molecule has 0 atom stereocenters. The van der Waals surface area contributed by atoms with Crippen molar-refractivity contribution in [3.05, 3.63) is 107 Å². The van der Waals surface area contributed by atoms with E-state index in [4.69, 9.17) is 4.74 Å². The lowest BCUT2D eigenvalue weighted by molar-refractivity contribution is -0.138. The van der Waals surface area contributed by atoms with E-state index in [-0.39, 0.29) is 6.61 Å². The summed E-state index contributed by atoms with van der Waals surface area (Å²) in [6.45, 7) is 6.02. The van der Waals surface area contributed by atoms with E-state index in [0.717, 1.165) is 34.8 Å². The van der Waals surface area contributed by atoms with Gasteiger partial charge in [-0.2, -0.15) is 13.2 Å². The quantitative estimate of drug-likeness (QED) is 0.244. The Kier molecular flexibility index (Phi) is 7.03. The van der Waals surface area contributed by atoms with Crippen LogP contribution in [0, 0.1) is 13.8 Å². The van der Waals surface area contributed by atoms with Crippen molar-refractivity contribution in [3.8, 4) is 5.69 Å². The second-order valence-corrected chi connectivity index (χ2v) is 7.26. The van der Waals surface area contributed by atoms with Gasteiger partial charge in [0.05, 0.1) is 12.2 Å². The zero-order valence-corrected chi connectivity index (χ0v) is 18.1. The van der Waals surface area contributed by atoms with Crippen LogP contribution in [0.5, 0.6) is 0 Å². The Balaban J connectivity index is 1.99. The monoisotopic (exact) mass is 439 g/mol. The van der Waals surface area contributed by atoms with Gasteiger partial charge in [-0.05, 0) is 73.9 Å². The van der Waals surface area contributed by atoms with Crippen LogP contribution < -0.4 is 0 Å². The number of carbonyl (C=O) groups is 1. The van der Waals surface area contributed by atoms with Crippen LogP contribution in [0.4, 0.5) is 13.2 Å². The lowest BCUT2D eigenvalue weighted by Gasteiger charge is -2.13. The number of hydrogen-bond donors (Lipinski definition) is 0. The van der Waals surface area contributed by atoms with Crippen LogP contribution in [0.3, 0.4) is 0 Å². The average Bonchev–Trinajstić information content (AvgIpc) is 3.09. The van der Waals surface area contributed by atoms with Crippen molar-refractivity contribution in [3.63, 3.8) is 0 Å². The third-order valence-electron chi connectivity index (χ3n) is 5.01. The number of esters is 1. The molecule has 0 bridgehead atoms. The molecule has 0 spiro atoms. The van der Waals surface area contributed by atoms with Crippen LogP contribution in [0.25, 0.3) is 11.3 Å². The van der Waals surface area contributed by atoms with Crippen molar-refractivity contribution in [1.29, 1.82) is 0 Å². The van der Waals surface area contributed by atoms with Gasteiger partial charge in [0.15, 0.2) is 0 Å². The Bertz CT molecular complexity index is 1120. The third kappa shape index (κ3) is 5.38. The first kappa shape index (κ1) is 23.1. The Hall–Kier alpha value is -3.54. The minimum Gasteiger partial charge on any atom is -0.463 e. The molecular formula is C26H24F3NO2. The molecule has 0 aliphatic rings. The first-order valence-corrected chi connectivity index (χ1v) is 10.2. The van der Waals surface area contributed by atoms with Crippen molar-refractivity contribution >= 4 is 11.5 Å². The normalized spacial score (nSPS) is 12.4. The van der Waals surface area contributed by atoms with Crippen LogP contribution in [-0.2, 0) is 15.7 Å². The van der Waals surface area contributed by atoms with Crippen molar-refractivity contribution in [1.82, 2.24) is 4.57 Å². The molecule has 1 heterocycles. The summed E-state index contributed by atoms with van der Waals surface area (Å²) in [5.74, 6) is -0.482. The van der Waals surface area contributed by atoms with Crippen LogP contribution >= 0.6 is 0 Å². The highest BCUT2D eigenvalue weighted by Crippen LogP contribution is 2.32. The maximum Gasteiger partial charge on any atom is 0.416 e. The SMILES string of the molecule is CCOC(=O)C=CC=C(c1ccc(-n2c(C)ccc2C)cc1)c1ccc(C(F)(F)F)cc1. The molecule has 3 rings (SSSR count). The highest BCUT2D eigenvalue weighted by Gasteiger charge is 2.30. The van der Waals surface area contributed by atoms with Gasteiger partial charge in [0, 0.05) is 23.2 Å². The highest BCUT2D eigenvalue weighted by atomic mass is 19.4. The topological polar surface area (TPSA) is 31.2 Å². The van der Waals surface area contributed by atoms with Crippen LogP contribution in [-0.4, -0.2) is 17.1 Å². The van der Waals surface area contributed by atoms with Gasteiger partial charge >= 0.3 is 12.1 Å². The smallest absolute Gasteiger partial charge is 0.416 e. The predicted molar refractivity (Wildman–Crippen MR) is 120 cm³/mol. The Morgan fingerprint density at radius 3 is 1.94 bits per heavy atom. The van der Waals surface area contributed by atoms with Gasteiger partial charge in [-0.15, -0.1) is 0 Å². The predicted octanol–water partition coefficient (Wildman–Crippen LogP) is 6.66. The maximum atomic E-state index is 13.0. The van der Waals surface area contributed by atoms with Crippen LogP contribution in [0.2, 0.25) is 0 Å². The maximum absolute atomic E-state index is 13.0. The number of halogens is 3. The number of benzene rings is 2. The van der Waals surface area contributed by atoms with Gasteiger partial charge in [0.1, 0.15) is 0 Å². The van der Waals surface area contributed by atoms with Crippen molar-refractivity contribution in [2.75, 3.05) is 6.61 Å². The van der Waals surface area contributed by atoms with E-state index in [1.54, 1.807) is 19.1 Å². The lowest BCUT2D eigenvalue weighted by atomic mass is 9.96. The van der Waals surface area contributed by atoms with Crippen LogP contribution in [0.15, 0.2) is 78.9 Å². The van der Waals surface area contributed by atoms with E-state index in [1.807, 2.05) is 50.2 Å². The summed E-state index contributed by atoms with van der Waals surface area (Å²) in [5.41, 5.74) is 4.58. The molecule has 6 heteroatoms. The summed E-state index contributed by atoms with van der Waals surface area (Å²) in [6.07, 6.45) is 0.120. The van der Waals surface area contributed by atoms with Crippen molar-refractivity contribution in [2.45, 2.75) is 26.9 Å². The van der Waals surface area contributed by atoms with Gasteiger partial charge in [0.25, 0.3) is 0 Å². The molecule has 0 fully saturated rings. The Morgan fingerprint density at radius 2 is 1.44 bits per heavy atom. The molecule has 3 aromatic rings. The number of aromatic nitrogens is 1. The number of hydrogen-bond acceptors (Lipinski definition) is 2. The number of ether oxygens (including phenoxy) is 1. The van der Waals surface area contributed by atoms with E-state index >= 15 is 0 Å².